The molecule has 0 amide bonds. The normalized spacial score (nSPS) is 23.4. The zero-order valence-electron chi connectivity index (χ0n) is 10.9. The van der Waals surface area contributed by atoms with Gasteiger partial charge in [0.15, 0.2) is 8.32 Å². The van der Waals surface area contributed by atoms with Crippen LogP contribution in [-0.2, 0) is 9.16 Å². The summed E-state index contributed by atoms with van der Waals surface area (Å²) in [4.78, 5) is 0. The van der Waals surface area contributed by atoms with Crippen LogP contribution in [0.1, 0.15) is 12.8 Å². The Balaban J connectivity index is 2.28. The molecular weight excluding hydrogens is 220 g/mol. The van der Waals surface area contributed by atoms with Gasteiger partial charge in [0, 0.05) is 14.7 Å². The van der Waals surface area contributed by atoms with Crippen molar-refractivity contribution in [2.24, 2.45) is 0 Å². The van der Waals surface area contributed by atoms with Crippen molar-refractivity contribution in [2.45, 2.75) is 57.3 Å². The first-order chi connectivity index (χ1) is 6.79. The van der Waals surface area contributed by atoms with E-state index in [0.717, 1.165) is 13.2 Å². The number of hydrogen-bond acceptors (Lipinski definition) is 2. The Hall–Kier alpha value is 0.354. The van der Waals surface area contributed by atoms with Crippen LogP contribution in [0.5, 0.6) is 0 Å². The molecule has 2 nitrogen and oxygen atoms in total. The fourth-order valence-electron chi connectivity index (χ4n) is 2.42. The predicted molar refractivity (Wildman–Crippen MR) is 70.6 cm³/mol. The first-order valence-corrected chi connectivity index (χ1v) is 12.9. The maximum Gasteiger partial charge on any atom is 0.184 e. The maximum absolute atomic E-state index is 6.14. The molecule has 0 N–H and O–H groups in total. The third-order valence-corrected chi connectivity index (χ3v) is 11.2. The minimum Gasteiger partial charge on any atom is -0.415 e. The molecule has 0 aromatic carbocycles. The van der Waals surface area contributed by atoms with Gasteiger partial charge in [0.2, 0.25) is 0 Å². The minimum absolute atomic E-state index is 0.387. The minimum atomic E-state index is -1.42. The van der Waals surface area contributed by atoms with Crippen LogP contribution in [0, 0.1) is 0 Å². The molecule has 1 aliphatic heterocycles. The van der Waals surface area contributed by atoms with Crippen molar-refractivity contribution in [3.8, 4) is 0 Å². The summed E-state index contributed by atoms with van der Waals surface area (Å²) >= 11 is 0. The fourth-order valence-corrected chi connectivity index (χ4v) is 13.7. The molecule has 1 saturated heterocycles. The van der Waals surface area contributed by atoms with Crippen molar-refractivity contribution >= 4 is 16.4 Å². The lowest BCUT2D eigenvalue weighted by Gasteiger charge is -2.30. The average Bonchev–Trinajstić information content (AvgIpc) is 2.47. The Labute approximate surface area is 96.5 Å². The van der Waals surface area contributed by atoms with Crippen LogP contribution in [0.2, 0.25) is 38.4 Å². The van der Waals surface area contributed by atoms with Crippen molar-refractivity contribution in [3.63, 3.8) is 0 Å². The fraction of sp³-hybridized carbons (Fsp3) is 1.00. The van der Waals surface area contributed by atoms with Gasteiger partial charge in [-0.05, 0) is 31.6 Å². The summed E-state index contributed by atoms with van der Waals surface area (Å²) < 4.78 is 11.7. The van der Waals surface area contributed by atoms with Gasteiger partial charge >= 0.3 is 0 Å². The van der Waals surface area contributed by atoms with Crippen molar-refractivity contribution in [2.75, 3.05) is 13.2 Å². The third-order valence-electron chi connectivity index (χ3n) is 2.64. The highest BCUT2D eigenvalue weighted by molar-refractivity contribution is 6.92. The Kier molecular flexibility index (Phi) is 4.58. The molecule has 1 atom stereocenters. The largest absolute Gasteiger partial charge is 0.415 e. The lowest BCUT2D eigenvalue weighted by molar-refractivity contribution is 0.0652. The molecule has 4 heteroatoms. The molecular formula is C11H26O2Si2. The molecule has 1 heterocycles. The van der Waals surface area contributed by atoms with Gasteiger partial charge in [-0.25, -0.2) is 0 Å². The van der Waals surface area contributed by atoms with Gasteiger partial charge < -0.3 is 9.16 Å². The molecule has 1 rings (SSSR count). The van der Waals surface area contributed by atoms with Gasteiger partial charge in [-0.2, -0.15) is 0 Å². The summed E-state index contributed by atoms with van der Waals surface area (Å²) in [6.07, 6.45) is 2.79. The molecule has 0 saturated carbocycles. The summed E-state index contributed by atoms with van der Waals surface area (Å²) in [5, 5.41) is 0. The Morgan fingerprint density at radius 1 is 1.20 bits per heavy atom. The van der Waals surface area contributed by atoms with Gasteiger partial charge in [0.1, 0.15) is 0 Å². The molecule has 1 unspecified atom stereocenters. The van der Waals surface area contributed by atoms with Gasteiger partial charge in [-0.1, -0.05) is 19.6 Å². The molecule has 0 radical (unpaired) electrons. The van der Waals surface area contributed by atoms with Crippen molar-refractivity contribution in [1.82, 2.24) is 0 Å². The van der Waals surface area contributed by atoms with E-state index in [1.54, 1.807) is 0 Å². The highest BCUT2D eigenvalue weighted by Gasteiger charge is 2.31. The summed E-state index contributed by atoms with van der Waals surface area (Å²) in [5.74, 6) is 0. The predicted octanol–water partition coefficient (Wildman–Crippen LogP) is 3.26. The molecule has 0 aromatic heterocycles. The number of rotatable bonds is 5. The monoisotopic (exact) mass is 246 g/mol. The second kappa shape index (κ2) is 5.12. The van der Waals surface area contributed by atoms with Gasteiger partial charge in [-0.15, -0.1) is 0 Å². The molecule has 15 heavy (non-hydrogen) atoms. The molecule has 1 aliphatic rings. The molecule has 0 aromatic rings. The van der Waals surface area contributed by atoms with E-state index in [0.29, 0.717) is 6.10 Å². The van der Waals surface area contributed by atoms with Gasteiger partial charge in [0.25, 0.3) is 0 Å². The van der Waals surface area contributed by atoms with Crippen LogP contribution < -0.4 is 0 Å². The van der Waals surface area contributed by atoms with Gasteiger partial charge in [0.05, 0.1) is 12.7 Å². The van der Waals surface area contributed by atoms with Crippen molar-refractivity contribution in [1.29, 1.82) is 0 Å². The number of hydrogen-bond donors (Lipinski definition) is 0. The summed E-state index contributed by atoms with van der Waals surface area (Å²) in [6.45, 7) is 13.7. The van der Waals surface area contributed by atoms with Crippen LogP contribution in [0.4, 0.5) is 0 Å². The standard InChI is InChI=1S/C11H26O2Si2/c1-14(2,3)10-15(4,5)13-9-11-7-6-8-12-11/h11H,6-10H2,1-5H3. The van der Waals surface area contributed by atoms with Crippen molar-refractivity contribution < 1.29 is 9.16 Å². The van der Waals surface area contributed by atoms with E-state index >= 15 is 0 Å². The Bertz CT molecular complexity index is 193. The molecule has 0 aliphatic carbocycles. The van der Waals surface area contributed by atoms with Crippen LogP contribution >= 0.6 is 0 Å². The van der Waals surface area contributed by atoms with E-state index in [-0.39, 0.29) is 0 Å². The quantitative estimate of drug-likeness (QED) is 0.693. The van der Waals surface area contributed by atoms with Crippen LogP contribution in [-0.4, -0.2) is 35.7 Å². The van der Waals surface area contributed by atoms with E-state index in [1.165, 1.54) is 18.5 Å². The SMILES string of the molecule is C[Si](C)(C)C[Si](C)(C)OCC1CCCO1. The zero-order valence-corrected chi connectivity index (χ0v) is 12.9. The smallest absolute Gasteiger partial charge is 0.184 e. The van der Waals surface area contributed by atoms with Crippen LogP contribution in [0.15, 0.2) is 0 Å². The van der Waals surface area contributed by atoms with Crippen molar-refractivity contribution in [3.05, 3.63) is 0 Å². The lowest BCUT2D eigenvalue weighted by atomic mass is 10.2. The first-order valence-electron chi connectivity index (χ1n) is 6.04. The second-order valence-electron chi connectivity index (χ2n) is 6.44. The molecule has 0 spiro atoms. The zero-order chi connectivity index (χ0) is 11.5. The van der Waals surface area contributed by atoms with E-state index < -0.39 is 16.4 Å². The summed E-state index contributed by atoms with van der Waals surface area (Å²) in [5.41, 5.74) is 1.35. The van der Waals surface area contributed by atoms with Crippen LogP contribution in [0.3, 0.4) is 0 Å². The molecule has 0 bridgehead atoms. The highest BCUT2D eigenvalue weighted by atomic mass is 28.4. The van der Waals surface area contributed by atoms with E-state index in [1.807, 2.05) is 0 Å². The lowest BCUT2D eigenvalue weighted by Crippen LogP contribution is -2.41. The summed E-state index contributed by atoms with van der Waals surface area (Å²) in [6, 6.07) is 0. The Morgan fingerprint density at radius 3 is 2.33 bits per heavy atom. The highest BCUT2D eigenvalue weighted by Crippen LogP contribution is 2.22. The second-order valence-corrected chi connectivity index (χ2v) is 16.8. The summed E-state index contributed by atoms with van der Waals surface area (Å²) in [7, 11) is -2.40. The maximum atomic E-state index is 6.14. The number of ether oxygens (including phenoxy) is 1. The first kappa shape index (κ1) is 13.4. The van der Waals surface area contributed by atoms with E-state index in [4.69, 9.17) is 9.16 Å². The average molecular weight is 246 g/mol. The molecule has 1 fully saturated rings. The topological polar surface area (TPSA) is 18.5 Å². The third kappa shape index (κ3) is 5.85. The van der Waals surface area contributed by atoms with E-state index in [2.05, 4.69) is 32.7 Å². The van der Waals surface area contributed by atoms with E-state index in [9.17, 15) is 0 Å². The molecule has 90 valence electrons. The van der Waals surface area contributed by atoms with Crippen LogP contribution in [0.25, 0.3) is 0 Å². The Morgan fingerprint density at radius 2 is 1.87 bits per heavy atom. The van der Waals surface area contributed by atoms with Gasteiger partial charge in [-0.3, -0.25) is 0 Å².